The monoisotopic (exact) mass is 286 g/mol. The van der Waals surface area contributed by atoms with Gasteiger partial charge in [-0.2, -0.15) is 4.31 Å². The summed E-state index contributed by atoms with van der Waals surface area (Å²) in [6.07, 6.45) is 4.07. The fourth-order valence-electron chi connectivity index (χ4n) is 2.13. The molecule has 0 aliphatic carbocycles. The second-order valence-electron chi connectivity index (χ2n) is 5.31. The predicted molar refractivity (Wildman–Crippen MR) is 73.5 cm³/mol. The molecule has 0 radical (unpaired) electrons. The average molecular weight is 286 g/mol. The highest BCUT2D eigenvalue weighted by atomic mass is 32.2. The highest BCUT2D eigenvalue weighted by Crippen LogP contribution is 2.17. The normalized spacial score (nSPS) is 19.8. The minimum absolute atomic E-state index is 0.158. The van der Waals surface area contributed by atoms with Crippen molar-refractivity contribution in [2.24, 2.45) is 0 Å². The minimum atomic E-state index is -3.45. The average Bonchev–Trinajstić information content (AvgIpc) is 2.74. The first-order valence-corrected chi connectivity index (χ1v) is 8.07. The fraction of sp³-hybridized carbons (Fsp3) is 0.750. The van der Waals surface area contributed by atoms with Crippen molar-refractivity contribution in [1.29, 1.82) is 0 Å². The Kier molecular flexibility index (Phi) is 4.27. The van der Waals surface area contributed by atoms with Gasteiger partial charge in [0.05, 0.1) is 6.33 Å². The van der Waals surface area contributed by atoms with Gasteiger partial charge in [0.1, 0.15) is 0 Å². The Morgan fingerprint density at radius 3 is 2.58 bits per heavy atom. The first-order chi connectivity index (χ1) is 8.91. The summed E-state index contributed by atoms with van der Waals surface area (Å²) in [4.78, 5) is 6.21. The SMILES string of the molecule is CC(C)n1cnc(S(=O)(=O)N2CCCN(C)CC2)c1. The molecule has 19 heavy (non-hydrogen) atoms. The summed E-state index contributed by atoms with van der Waals surface area (Å²) in [5.74, 6) is 0. The predicted octanol–water partition coefficient (Wildman–Crippen LogP) is 0.790. The van der Waals surface area contributed by atoms with E-state index in [1.54, 1.807) is 16.8 Å². The molecular weight excluding hydrogens is 264 g/mol. The lowest BCUT2D eigenvalue weighted by atomic mass is 10.4. The van der Waals surface area contributed by atoms with E-state index >= 15 is 0 Å². The van der Waals surface area contributed by atoms with Gasteiger partial charge in [0.25, 0.3) is 10.0 Å². The van der Waals surface area contributed by atoms with Crippen LogP contribution in [0.15, 0.2) is 17.6 Å². The van der Waals surface area contributed by atoms with Gasteiger partial charge < -0.3 is 9.47 Å². The topological polar surface area (TPSA) is 58.4 Å². The van der Waals surface area contributed by atoms with Crippen LogP contribution in [0.25, 0.3) is 0 Å². The Hall–Kier alpha value is -0.920. The molecule has 7 heteroatoms. The van der Waals surface area contributed by atoms with Gasteiger partial charge in [0.2, 0.25) is 0 Å². The summed E-state index contributed by atoms with van der Waals surface area (Å²) in [5, 5.41) is 0.158. The Balaban J connectivity index is 2.20. The molecule has 2 heterocycles. The molecule has 1 aliphatic rings. The van der Waals surface area contributed by atoms with E-state index in [1.807, 2.05) is 25.5 Å². The molecule has 1 fully saturated rings. The van der Waals surface area contributed by atoms with Crippen molar-refractivity contribution >= 4 is 10.0 Å². The highest BCUT2D eigenvalue weighted by Gasteiger charge is 2.28. The number of sulfonamides is 1. The Labute approximate surface area is 115 Å². The van der Waals surface area contributed by atoms with Crippen LogP contribution in [0.2, 0.25) is 0 Å². The lowest BCUT2D eigenvalue weighted by Crippen LogP contribution is -2.34. The number of imidazole rings is 1. The summed E-state index contributed by atoms with van der Waals surface area (Å²) in [7, 11) is -1.43. The molecule has 1 aromatic heterocycles. The van der Waals surface area contributed by atoms with E-state index in [0.29, 0.717) is 13.1 Å². The third-order valence-corrected chi connectivity index (χ3v) is 5.24. The van der Waals surface area contributed by atoms with Crippen LogP contribution >= 0.6 is 0 Å². The van der Waals surface area contributed by atoms with Gasteiger partial charge in [0, 0.05) is 31.9 Å². The van der Waals surface area contributed by atoms with Crippen LogP contribution in [-0.2, 0) is 10.0 Å². The largest absolute Gasteiger partial charge is 0.334 e. The molecule has 0 aromatic carbocycles. The Morgan fingerprint density at radius 1 is 1.21 bits per heavy atom. The minimum Gasteiger partial charge on any atom is -0.334 e. The number of hydrogen-bond acceptors (Lipinski definition) is 4. The molecule has 0 saturated carbocycles. The van der Waals surface area contributed by atoms with Gasteiger partial charge in [-0.25, -0.2) is 13.4 Å². The molecule has 0 N–H and O–H groups in total. The fourth-order valence-corrected chi connectivity index (χ4v) is 3.52. The molecule has 2 rings (SSSR count). The van der Waals surface area contributed by atoms with Gasteiger partial charge in [0.15, 0.2) is 5.03 Å². The van der Waals surface area contributed by atoms with Crippen LogP contribution in [0, 0.1) is 0 Å². The zero-order chi connectivity index (χ0) is 14.0. The summed E-state index contributed by atoms with van der Waals surface area (Å²) < 4.78 is 28.4. The molecule has 108 valence electrons. The molecule has 0 atom stereocenters. The molecule has 1 aliphatic heterocycles. The molecule has 0 spiro atoms. The number of likely N-dealkylation sites (N-methyl/N-ethyl adjacent to an activating group) is 1. The maximum Gasteiger partial charge on any atom is 0.262 e. The third-order valence-electron chi connectivity index (χ3n) is 3.46. The maximum absolute atomic E-state index is 12.5. The first-order valence-electron chi connectivity index (χ1n) is 6.63. The molecular formula is C12H22N4O2S. The molecule has 0 bridgehead atoms. The molecule has 1 aromatic rings. The summed E-state index contributed by atoms with van der Waals surface area (Å²) >= 11 is 0. The van der Waals surface area contributed by atoms with Gasteiger partial charge >= 0.3 is 0 Å². The zero-order valence-corrected chi connectivity index (χ0v) is 12.6. The van der Waals surface area contributed by atoms with E-state index in [4.69, 9.17) is 0 Å². The van der Waals surface area contributed by atoms with Crippen LogP contribution in [0.1, 0.15) is 26.3 Å². The third kappa shape index (κ3) is 3.16. The zero-order valence-electron chi connectivity index (χ0n) is 11.8. The van der Waals surface area contributed by atoms with E-state index in [0.717, 1.165) is 19.5 Å². The van der Waals surface area contributed by atoms with E-state index < -0.39 is 10.0 Å². The van der Waals surface area contributed by atoms with Gasteiger partial charge in [-0.15, -0.1) is 0 Å². The standard InChI is InChI=1S/C12H22N4O2S/c1-11(2)15-9-12(13-10-15)19(17,18)16-6-4-5-14(3)7-8-16/h9-11H,4-8H2,1-3H3. The van der Waals surface area contributed by atoms with Crippen molar-refractivity contribution in [2.75, 3.05) is 33.2 Å². The molecule has 1 saturated heterocycles. The van der Waals surface area contributed by atoms with Crippen LogP contribution in [0.4, 0.5) is 0 Å². The van der Waals surface area contributed by atoms with Crippen LogP contribution in [0.5, 0.6) is 0 Å². The number of nitrogens with zero attached hydrogens (tertiary/aromatic N) is 4. The summed E-state index contributed by atoms with van der Waals surface area (Å²) in [5.41, 5.74) is 0. The Bertz CT molecular complexity index is 524. The van der Waals surface area contributed by atoms with Crippen molar-refractivity contribution in [3.05, 3.63) is 12.5 Å². The lowest BCUT2D eigenvalue weighted by molar-refractivity contribution is 0.347. The van der Waals surface area contributed by atoms with Gasteiger partial charge in [-0.1, -0.05) is 0 Å². The van der Waals surface area contributed by atoms with E-state index in [1.165, 1.54) is 0 Å². The van der Waals surface area contributed by atoms with Crippen molar-refractivity contribution in [3.63, 3.8) is 0 Å². The quantitative estimate of drug-likeness (QED) is 0.824. The van der Waals surface area contributed by atoms with Crippen molar-refractivity contribution < 1.29 is 8.42 Å². The lowest BCUT2D eigenvalue weighted by Gasteiger charge is -2.18. The smallest absolute Gasteiger partial charge is 0.262 e. The maximum atomic E-state index is 12.5. The molecule has 6 nitrogen and oxygen atoms in total. The van der Waals surface area contributed by atoms with Gasteiger partial charge in [-0.3, -0.25) is 0 Å². The highest BCUT2D eigenvalue weighted by molar-refractivity contribution is 7.89. The number of rotatable bonds is 3. The van der Waals surface area contributed by atoms with Crippen LogP contribution in [-0.4, -0.2) is 60.4 Å². The first kappa shape index (κ1) is 14.5. The van der Waals surface area contributed by atoms with Crippen LogP contribution < -0.4 is 0 Å². The second-order valence-corrected chi connectivity index (χ2v) is 7.20. The van der Waals surface area contributed by atoms with E-state index in [9.17, 15) is 8.42 Å². The Morgan fingerprint density at radius 2 is 1.95 bits per heavy atom. The van der Waals surface area contributed by atoms with Crippen molar-refractivity contribution in [3.8, 4) is 0 Å². The van der Waals surface area contributed by atoms with E-state index in [2.05, 4.69) is 9.88 Å². The van der Waals surface area contributed by atoms with Crippen molar-refractivity contribution in [2.45, 2.75) is 31.3 Å². The van der Waals surface area contributed by atoms with E-state index in [-0.39, 0.29) is 11.1 Å². The number of hydrogen-bond donors (Lipinski definition) is 0. The number of aromatic nitrogens is 2. The molecule has 0 unspecified atom stereocenters. The summed E-state index contributed by atoms with van der Waals surface area (Å²) in [6, 6.07) is 0.215. The van der Waals surface area contributed by atoms with Crippen molar-refractivity contribution in [1.82, 2.24) is 18.8 Å². The van der Waals surface area contributed by atoms with Gasteiger partial charge in [-0.05, 0) is 33.9 Å². The molecule has 0 amide bonds. The van der Waals surface area contributed by atoms with Crippen LogP contribution in [0.3, 0.4) is 0 Å². The summed E-state index contributed by atoms with van der Waals surface area (Å²) in [6.45, 7) is 6.81. The second kappa shape index (κ2) is 5.60.